The van der Waals surface area contributed by atoms with Crippen LogP contribution in [0.1, 0.15) is 0 Å². The average molecular weight is 254 g/mol. The summed E-state index contributed by atoms with van der Waals surface area (Å²) in [4.78, 5) is 11.5. The van der Waals surface area contributed by atoms with Crippen molar-refractivity contribution in [2.24, 2.45) is 0 Å². The molecule has 0 spiro atoms. The Labute approximate surface area is 108 Å². The van der Waals surface area contributed by atoms with Crippen molar-refractivity contribution in [1.82, 2.24) is 0 Å². The number of benzene rings is 2. The molecule has 2 aromatic carbocycles. The first kappa shape index (κ1) is 12.3. The van der Waals surface area contributed by atoms with Gasteiger partial charge in [0.1, 0.15) is 0 Å². The van der Waals surface area contributed by atoms with Crippen LogP contribution in [-0.4, -0.2) is 15.0 Å². The maximum Gasteiger partial charge on any atom is 0.317 e. The first-order valence-corrected chi connectivity index (χ1v) is 7.37. The minimum Gasteiger partial charge on any atom is -0.510 e. The molecule has 0 amide bonds. The van der Waals surface area contributed by atoms with Gasteiger partial charge in [-0.2, -0.15) is 0 Å². The third-order valence-corrected chi connectivity index (χ3v) is 5.05. The van der Waals surface area contributed by atoms with E-state index in [1.807, 2.05) is 60.7 Å². The Morgan fingerprint density at radius 1 is 0.944 bits per heavy atom. The molecule has 0 aliphatic rings. The number of rotatable bonds is 4. The molecule has 0 aromatic heterocycles. The van der Waals surface area contributed by atoms with Crippen LogP contribution in [-0.2, 0) is 9.22 Å². The summed E-state index contributed by atoms with van der Waals surface area (Å²) < 4.78 is 5.55. The van der Waals surface area contributed by atoms with E-state index in [4.69, 9.17) is 4.43 Å². The van der Waals surface area contributed by atoms with Gasteiger partial charge in [-0.15, -0.1) is 0 Å². The van der Waals surface area contributed by atoms with Gasteiger partial charge in [-0.25, -0.2) is 4.79 Å². The van der Waals surface area contributed by atoms with Gasteiger partial charge in [0.15, 0.2) is 0 Å². The Morgan fingerprint density at radius 3 is 1.78 bits per heavy atom. The molecular weight excluding hydrogens is 240 g/mol. The van der Waals surface area contributed by atoms with Gasteiger partial charge in [0, 0.05) is 6.08 Å². The van der Waals surface area contributed by atoms with Gasteiger partial charge in [-0.05, 0) is 10.4 Å². The Balaban J connectivity index is 2.35. The molecular formula is C15H14O2Si. The van der Waals surface area contributed by atoms with E-state index in [1.54, 1.807) is 0 Å². The molecule has 0 N–H and O–H groups in total. The van der Waals surface area contributed by atoms with Crippen molar-refractivity contribution in [2.75, 3.05) is 0 Å². The lowest BCUT2D eigenvalue weighted by molar-refractivity contribution is -0.129. The molecule has 0 aliphatic carbocycles. The summed E-state index contributed by atoms with van der Waals surface area (Å²) in [6.07, 6.45) is 1.21. The van der Waals surface area contributed by atoms with E-state index < -0.39 is 9.04 Å². The lowest BCUT2D eigenvalue weighted by Gasteiger charge is -2.15. The highest BCUT2D eigenvalue weighted by Crippen LogP contribution is 1.95. The summed E-state index contributed by atoms with van der Waals surface area (Å²) in [6.45, 7) is 3.45. The zero-order valence-corrected chi connectivity index (χ0v) is 11.1. The molecule has 0 fully saturated rings. The molecule has 0 atom stereocenters. The van der Waals surface area contributed by atoms with Crippen molar-refractivity contribution in [1.29, 1.82) is 0 Å². The topological polar surface area (TPSA) is 26.3 Å². The second-order valence-electron chi connectivity index (χ2n) is 3.84. The first-order chi connectivity index (χ1) is 8.81. The Morgan fingerprint density at radius 2 is 1.39 bits per heavy atom. The molecule has 0 aliphatic heterocycles. The normalized spacial score (nSPS) is 10.1. The summed E-state index contributed by atoms with van der Waals surface area (Å²) in [5.41, 5.74) is 0. The van der Waals surface area contributed by atoms with E-state index in [0.29, 0.717) is 0 Å². The van der Waals surface area contributed by atoms with Gasteiger partial charge in [0.05, 0.1) is 0 Å². The zero-order chi connectivity index (χ0) is 12.8. The monoisotopic (exact) mass is 254 g/mol. The van der Waals surface area contributed by atoms with Crippen LogP contribution in [0, 0.1) is 0 Å². The molecule has 0 radical (unpaired) electrons. The van der Waals surface area contributed by atoms with E-state index in [2.05, 4.69) is 6.58 Å². The molecule has 2 nitrogen and oxygen atoms in total. The van der Waals surface area contributed by atoms with Crippen molar-refractivity contribution in [3.63, 3.8) is 0 Å². The highest BCUT2D eigenvalue weighted by atomic mass is 28.3. The summed E-state index contributed by atoms with van der Waals surface area (Å²) in [6, 6.07) is 19.7. The van der Waals surface area contributed by atoms with Crippen LogP contribution in [0.15, 0.2) is 73.3 Å². The predicted molar refractivity (Wildman–Crippen MR) is 75.6 cm³/mol. The molecule has 0 saturated carbocycles. The van der Waals surface area contributed by atoms with E-state index in [1.165, 1.54) is 6.08 Å². The summed E-state index contributed by atoms with van der Waals surface area (Å²) in [5, 5.41) is 2.16. The van der Waals surface area contributed by atoms with E-state index in [-0.39, 0.29) is 5.97 Å². The van der Waals surface area contributed by atoms with Gasteiger partial charge in [0.2, 0.25) is 0 Å². The maximum absolute atomic E-state index is 11.5. The highest BCUT2D eigenvalue weighted by Gasteiger charge is 2.20. The summed E-state index contributed by atoms with van der Waals surface area (Å²) >= 11 is 0. The van der Waals surface area contributed by atoms with Crippen LogP contribution in [0.25, 0.3) is 0 Å². The van der Waals surface area contributed by atoms with Crippen molar-refractivity contribution in [2.45, 2.75) is 0 Å². The van der Waals surface area contributed by atoms with Crippen LogP contribution < -0.4 is 10.4 Å². The second-order valence-corrected chi connectivity index (χ2v) is 6.17. The fraction of sp³-hybridized carbons (Fsp3) is 0. The van der Waals surface area contributed by atoms with Crippen molar-refractivity contribution in [3.05, 3.63) is 73.3 Å². The molecule has 0 bridgehead atoms. The van der Waals surface area contributed by atoms with Crippen LogP contribution in [0.2, 0.25) is 0 Å². The lowest BCUT2D eigenvalue weighted by atomic mass is 10.4. The smallest absolute Gasteiger partial charge is 0.317 e. The number of hydrogen-bond donors (Lipinski definition) is 0. The first-order valence-electron chi connectivity index (χ1n) is 5.74. The molecule has 0 unspecified atom stereocenters. The zero-order valence-electron chi connectivity index (χ0n) is 9.95. The molecule has 90 valence electrons. The quantitative estimate of drug-likeness (QED) is 0.606. The van der Waals surface area contributed by atoms with Crippen molar-refractivity contribution >= 4 is 25.4 Å². The van der Waals surface area contributed by atoms with Gasteiger partial charge in [-0.3, -0.25) is 0 Å². The maximum atomic E-state index is 11.5. The lowest BCUT2D eigenvalue weighted by Crippen LogP contribution is -2.46. The van der Waals surface area contributed by atoms with E-state index >= 15 is 0 Å². The SMILES string of the molecule is C=CC(=O)O[SiH](c1ccccc1)c1ccccc1. The molecule has 0 heterocycles. The number of carbonyl (C=O) groups is 1. The number of carbonyl (C=O) groups excluding carboxylic acids is 1. The Bertz CT molecular complexity index is 483. The standard InChI is InChI=1S/C15H14O2Si/c1-2-15(16)17-18(13-9-5-3-6-10-13)14-11-7-4-8-12-14/h2-12,18H,1H2. The minimum atomic E-state index is -1.95. The van der Waals surface area contributed by atoms with Crippen LogP contribution in [0.3, 0.4) is 0 Å². The highest BCUT2D eigenvalue weighted by molar-refractivity contribution is 6.81. The predicted octanol–water partition coefficient (Wildman–Crippen LogP) is 1.25. The molecule has 18 heavy (non-hydrogen) atoms. The van der Waals surface area contributed by atoms with E-state index in [0.717, 1.165) is 10.4 Å². The summed E-state index contributed by atoms with van der Waals surface area (Å²) in [7, 11) is -1.95. The van der Waals surface area contributed by atoms with Crippen LogP contribution in [0.4, 0.5) is 0 Å². The van der Waals surface area contributed by atoms with Crippen molar-refractivity contribution in [3.8, 4) is 0 Å². The van der Waals surface area contributed by atoms with Gasteiger partial charge in [-0.1, -0.05) is 67.2 Å². The third-order valence-electron chi connectivity index (χ3n) is 2.61. The van der Waals surface area contributed by atoms with Crippen molar-refractivity contribution < 1.29 is 9.22 Å². The van der Waals surface area contributed by atoms with Crippen LogP contribution in [0.5, 0.6) is 0 Å². The largest absolute Gasteiger partial charge is 0.510 e. The fourth-order valence-electron chi connectivity index (χ4n) is 1.75. The van der Waals surface area contributed by atoms with Gasteiger partial charge in [0.25, 0.3) is 0 Å². The third kappa shape index (κ3) is 2.96. The number of hydrogen-bond acceptors (Lipinski definition) is 2. The minimum absolute atomic E-state index is 0.362. The average Bonchev–Trinajstić information content (AvgIpc) is 2.46. The molecule has 2 rings (SSSR count). The van der Waals surface area contributed by atoms with Gasteiger partial charge < -0.3 is 4.43 Å². The Kier molecular flexibility index (Phi) is 4.09. The van der Waals surface area contributed by atoms with Gasteiger partial charge >= 0.3 is 15.0 Å². The van der Waals surface area contributed by atoms with E-state index in [9.17, 15) is 4.79 Å². The Hall–Kier alpha value is -2.13. The summed E-state index contributed by atoms with van der Waals surface area (Å²) in [5.74, 6) is -0.362. The molecule has 3 heteroatoms. The second kappa shape index (κ2) is 5.98. The fourth-order valence-corrected chi connectivity index (χ4v) is 3.88. The molecule has 0 saturated heterocycles. The van der Waals surface area contributed by atoms with Crippen LogP contribution >= 0.6 is 0 Å². The molecule has 2 aromatic rings.